The van der Waals surface area contributed by atoms with Gasteiger partial charge in [0.1, 0.15) is 6.33 Å². The van der Waals surface area contributed by atoms with E-state index in [9.17, 15) is 14.7 Å². The van der Waals surface area contributed by atoms with Crippen molar-refractivity contribution in [1.29, 1.82) is 0 Å². The summed E-state index contributed by atoms with van der Waals surface area (Å²) in [5.74, 6) is -0.426. The van der Waals surface area contributed by atoms with Crippen LogP contribution >= 0.6 is 0 Å². The molecule has 1 aromatic heterocycles. The molecule has 0 spiro atoms. The number of rotatable bonds is 8. The van der Waals surface area contributed by atoms with Gasteiger partial charge in [0.25, 0.3) is 5.91 Å². The van der Waals surface area contributed by atoms with Gasteiger partial charge in [0.05, 0.1) is 37.9 Å². The number of aliphatic carboxylic acids is 1. The van der Waals surface area contributed by atoms with E-state index in [1.807, 2.05) is 6.92 Å². The van der Waals surface area contributed by atoms with Gasteiger partial charge in [-0.25, -0.2) is 9.67 Å². The van der Waals surface area contributed by atoms with Crippen molar-refractivity contribution >= 4 is 11.9 Å². The van der Waals surface area contributed by atoms with E-state index in [4.69, 9.17) is 20.9 Å². The number of amides is 1. The SMILES string of the molecule is CC(C)[C@@H](C)[C@@]1(C)CC[C@]2(C)[C@H]3CC[C@H]4C5(C)COC[C@@]4(C[C@@H](n4ncnc4C(N)=O)[C@@H]5OC[C@](C)(N)C(C)(C)C)C3=CC[C@@]2(C)[C@@H]1C(=O)O. The molecule has 5 aliphatic rings. The van der Waals surface area contributed by atoms with Gasteiger partial charge in [-0.1, -0.05) is 80.9 Å². The first-order valence-corrected chi connectivity index (χ1v) is 19.1. The van der Waals surface area contributed by atoms with Gasteiger partial charge in [-0.2, -0.15) is 5.10 Å². The monoisotopic (exact) mass is 695 g/mol. The maximum atomic E-state index is 13.5. The predicted octanol–water partition coefficient (Wildman–Crippen LogP) is 6.66. The summed E-state index contributed by atoms with van der Waals surface area (Å²) in [6.07, 6.45) is 8.79. The number of nitrogens with two attached hydrogens (primary N) is 2. The van der Waals surface area contributed by atoms with Crippen LogP contribution in [0.2, 0.25) is 0 Å². The van der Waals surface area contributed by atoms with E-state index in [2.05, 4.69) is 85.4 Å². The second kappa shape index (κ2) is 11.9. The van der Waals surface area contributed by atoms with Crippen molar-refractivity contribution in [3.05, 3.63) is 23.8 Å². The van der Waals surface area contributed by atoms with E-state index in [1.54, 1.807) is 4.68 Å². The molecule has 1 amide bonds. The number of hydrogen-bond donors (Lipinski definition) is 3. The number of ether oxygens (including phenoxy) is 2. The largest absolute Gasteiger partial charge is 0.481 e. The number of allylic oxidation sites excluding steroid dienone is 1. The molecule has 50 heavy (non-hydrogen) atoms. The van der Waals surface area contributed by atoms with Gasteiger partial charge in [-0.3, -0.25) is 9.59 Å². The molecule has 10 heteroatoms. The molecule has 10 nitrogen and oxygen atoms in total. The Morgan fingerprint density at radius 2 is 1.76 bits per heavy atom. The van der Waals surface area contributed by atoms with Crippen LogP contribution < -0.4 is 11.5 Å². The van der Waals surface area contributed by atoms with Gasteiger partial charge in [0, 0.05) is 16.4 Å². The van der Waals surface area contributed by atoms with E-state index in [1.165, 1.54) is 11.9 Å². The molecule has 1 unspecified atom stereocenters. The summed E-state index contributed by atoms with van der Waals surface area (Å²) in [5.41, 5.74) is 11.7. The molecular weight excluding hydrogens is 630 g/mol. The maximum Gasteiger partial charge on any atom is 0.307 e. The van der Waals surface area contributed by atoms with Crippen molar-refractivity contribution in [2.24, 2.45) is 73.5 Å². The number of carbonyl (C=O) groups excluding carboxylic acids is 1. The van der Waals surface area contributed by atoms with Crippen LogP contribution in [0, 0.1) is 62.1 Å². The Morgan fingerprint density at radius 3 is 2.36 bits per heavy atom. The Balaban J connectivity index is 1.47. The molecule has 2 heterocycles. The van der Waals surface area contributed by atoms with Gasteiger partial charge in [0.2, 0.25) is 5.82 Å². The molecule has 0 radical (unpaired) electrons. The highest BCUT2D eigenvalue weighted by Crippen LogP contribution is 2.75. The fraction of sp³-hybridized carbons (Fsp3) is 0.850. The highest BCUT2D eigenvalue weighted by Gasteiger charge is 2.72. The van der Waals surface area contributed by atoms with Gasteiger partial charge >= 0.3 is 5.97 Å². The normalized spacial score (nSPS) is 43.1. The Kier molecular flexibility index (Phi) is 8.88. The quantitative estimate of drug-likeness (QED) is 0.255. The topological polar surface area (TPSA) is 156 Å². The number of nitrogens with zero attached hydrogens (tertiary/aromatic N) is 3. The summed E-state index contributed by atoms with van der Waals surface area (Å²) in [5, 5.41) is 15.7. The molecule has 5 N–H and O–H groups in total. The molecule has 1 saturated heterocycles. The second-order valence-electron chi connectivity index (χ2n) is 19.9. The molecule has 4 fully saturated rings. The average Bonchev–Trinajstić information content (AvgIpc) is 3.50. The molecule has 0 aromatic carbocycles. The highest BCUT2D eigenvalue weighted by molar-refractivity contribution is 5.89. The average molecular weight is 696 g/mol. The van der Waals surface area contributed by atoms with Gasteiger partial charge in [-0.15, -0.1) is 0 Å². The first-order valence-electron chi connectivity index (χ1n) is 19.1. The minimum Gasteiger partial charge on any atom is -0.481 e. The Labute approximate surface area is 299 Å². The number of aromatic nitrogens is 3. The number of carboxylic acids is 1. The van der Waals surface area contributed by atoms with Crippen LogP contribution in [-0.4, -0.2) is 63.2 Å². The van der Waals surface area contributed by atoms with Gasteiger partial charge in [0.15, 0.2) is 0 Å². The van der Waals surface area contributed by atoms with Crippen molar-refractivity contribution < 1.29 is 24.2 Å². The van der Waals surface area contributed by atoms with Crippen molar-refractivity contribution in [2.75, 3.05) is 19.8 Å². The third-order valence-corrected chi connectivity index (χ3v) is 16.5. The third kappa shape index (κ3) is 5.03. The van der Waals surface area contributed by atoms with Crippen molar-refractivity contribution in [3.8, 4) is 0 Å². The zero-order valence-corrected chi connectivity index (χ0v) is 32.6. The second-order valence-corrected chi connectivity index (χ2v) is 19.9. The highest BCUT2D eigenvalue weighted by atomic mass is 16.5. The summed E-state index contributed by atoms with van der Waals surface area (Å²) in [6.45, 7) is 25.8. The van der Waals surface area contributed by atoms with Crippen LogP contribution in [0.3, 0.4) is 0 Å². The zero-order valence-electron chi connectivity index (χ0n) is 32.6. The van der Waals surface area contributed by atoms with E-state index >= 15 is 0 Å². The number of carbonyl (C=O) groups is 2. The molecule has 1 aromatic rings. The molecule has 280 valence electrons. The van der Waals surface area contributed by atoms with Crippen molar-refractivity contribution in [1.82, 2.24) is 14.8 Å². The fourth-order valence-electron chi connectivity index (χ4n) is 12.3. The van der Waals surface area contributed by atoms with Crippen LogP contribution in [0.1, 0.15) is 131 Å². The lowest BCUT2D eigenvalue weighted by Gasteiger charge is -2.71. The minimum atomic E-state index is -0.657. The third-order valence-electron chi connectivity index (χ3n) is 16.5. The smallest absolute Gasteiger partial charge is 0.307 e. The van der Waals surface area contributed by atoms with Crippen LogP contribution in [0.15, 0.2) is 18.0 Å². The summed E-state index contributed by atoms with van der Waals surface area (Å²) in [6, 6.07) is -0.324. The molecule has 12 atom stereocenters. The molecule has 2 bridgehead atoms. The summed E-state index contributed by atoms with van der Waals surface area (Å²) in [7, 11) is 0. The lowest BCUT2D eigenvalue weighted by molar-refractivity contribution is -0.253. The summed E-state index contributed by atoms with van der Waals surface area (Å²) < 4.78 is 15.4. The van der Waals surface area contributed by atoms with E-state index in [0.717, 1.165) is 32.1 Å². The minimum absolute atomic E-state index is 0.132. The van der Waals surface area contributed by atoms with E-state index in [-0.39, 0.29) is 57.4 Å². The predicted molar refractivity (Wildman–Crippen MR) is 193 cm³/mol. The van der Waals surface area contributed by atoms with Crippen LogP contribution in [-0.2, 0) is 14.3 Å². The first-order chi connectivity index (χ1) is 23.0. The number of primary amides is 1. The van der Waals surface area contributed by atoms with Gasteiger partial charge < -0.3 is 26.0 Å². The van der Waals surface area contributed by atoms with Crippen LogP contribution in [0.5, 0.6) is 0 Å². The number of hydrogen-bond acceptors (Lipinski definition) is 7. The molecular formula is C40H65N5O5. The fourth-order valence-corrected chi connectivity index (χ4v) is 12.3. The summed E-state index contributed by atoms with van der Waals surface area (Å²) in [4.78, 5) is 30.5. The summed E-state index contributed by atoms with van der Waals surface area (Å²) >= 11 is 0. The molecule has 1 aliphatic heterocycles. The van der Waals surface area contributed by atoms with E-state index < -0.39 is 34.2 Å². The maximum absolute atomic E-state index is 13.5. The first kappa shape index (κ1) is 37.5. The van der Waals surface area contributed by atoms with E-state index in [0.29, 0.717) is 32.2 Å². The van der Waals surface area contributed by atoms with Gasteiger partial charge in [-0.05, 0) is 90.8 Å². The lowest BCUT2D eigenvalue weighted by atomic mass is 9.34. The lowest BCUT2D eigenvalue weighted by Crippen LogP contribution is -2.69. The Bertz CT molecular complexity index is 1550. The van der Waals surface area contributed by atoms with Crippen LogP contribution in [0.25, 0.3) is 0 Å². The molecule has 3 saturated carbocycles. The molecule has 6 rings (SSSR count). The van der Waals surface area contributed by atoms with Crippen molar-refractivity contribution in [2.45, 2.75) is 132 Å². The molecule has 4 aliphatic carbocycles. The number of fused-ring (bicyclic) bond motifs is 3. The zero-order chi connectivity index (χ0) is 37.0. The van der Waals surface area contributed by atoms with Crippen LogP contribution in [0.4, 0.5) is 0 Å². The number of carboxylic acid groups (broad SMARTS) is 1. The van der Waals surface area contributed by atoms with Crippen molar-refractivity contribution in [3.63, 3.8) is 0 Å². The Hall–Kier alpha value is -2.30. The standard InChI is InChI=1S/C40H65N5O5/c1-23(2)24(3)35(7)16-17-37(9)25-12-13-28-36(8)19-49-21-40(28,26(25)14-15-38(37,10)29(35)33(47)48)18-27(45-32(31(41)46)43-22-44-45)30(36)50-20-39(11,42)34(4,5)6/h14,22-25,27-30H,12-13,15-21,42H2,1-11H3,(H2,41,46)(H,47,48)/t24-,25+,27-,28+,29-,30+,35-,36?,37-,38+,39+,40+/m1/s1. The Morgan fingerprint density at radius 1 is 1.08 bits per heavy atom.